The fourth-order valence-electron chi connectivity index (χ4n) is 3.67. The maximum absolute atomic E-state index is 12.3. The van der Waals surface area contributed by atoms with Crippen molar-refractivity contribution >= 4 is 11.8 Å². The van der Waals surface area contributed by atoms with Gasteiger partial charge in [0.2, 0.25) is 0 Å². The Morgan fingerprint density at radius 3 is 2.69 bits per heavy atom. The van der Waals surface area contributed by atoms with Crippen molar-refractivity contribution in [2.75, 3.05) is 20.8 Å². The number of Topliss-reactive ketones (excluding diaryl/α,β-unsaturated/α-hetero) is 1. The van der Waals surface area contributed by atoms with Gasteiger partial charge in [-0.15, -0.1) is 0 Å². The normalized spacial score (nSPS) is 24.4. The molecule has 166 valence electrons. The van der Waals surface area contributed by atoms with Crippen molar-refractivity contribution in [3.63, 3.8) is 0 Å². The maximum atomic E-state index is 12.3. The average molecular weight is 411 g/mol. The molecule has 2 N–H and O–H groups in total. The van der Waals surface area contributed by atoms with E-state index in [1.165, 1.54) is 7.11 Å². The van der Waals surface area contributed by atoms with Crippen LogP contribution >= 0.6 is 0 Å². The zero-order valence-electron chi connectivity index (χ0n) is 18.1. The lowest BCUT2D eigenvalue weighted by Gasteiger charge is -2.19. The number of carbonyl (C=O) groups excluding carboxylic acids is 2. The highest BCUT2D eigenvalue weighted by Gasteiger charge is 2.39. The summed E-state index contributed by atoms with van der Waals surface area (Å²) in [7, 11) is 3.06. The molecule has 0 aromatic rings. The molecule has 0 bridgehead atoms. The molecular formula is C23H38O6. The third-order valence-electron chi connectivity index (χ3n) is 5.64. The van der Waals surface area contributed by atoms with E-state index in [1.807, 2.05) is 25.2 Å². The lowest BCUT2D eigenvalue weighted by Crippen LogP contribution is -2.20. The molecule has 6 nitrogen and oxygen atoms in total. The molecule has 0 spiro atoms. The Labute approximate surface area is 175 Å². The van der Waals surface area contributed by atoms with E-state index in [0.717, 1.165) is 32.3 Å². The van der Waals surface area contributed by atoms with Crippen LogP contribution in [0.5, 0.6) is 0 Å². The van der Waals surface area contributed by atoms with Crippen molar-refractivity contribution in [2.45, 2.75) is 70.5 Å². The van der Waals surface area contributed by atoms with Crippen LogP contribution in [0.1, 0.15) is 58.3 Å². The molecule has 0 radical (unpaired) electrons. The van der Waals surface area contributed by atoms with E-state index in [0.29, 0.717) is 19.3 Å². The minimum absolute atomic E-state index is 0.0634. The Hall–Kier alpha value is -1.50. The van der Waals surface area contributed by atoms with Gasteiger partial charge >= 0.3 is 5.97 Å². The molecule has 0 aromatic heterocycles. The molecule has 0 aliphatic heterocycles. The minimum Gasteiger partial charge on any atom is -0.469 e. The van der Waals surface area contributed by atoms with Crippen LogP contribution in [0.4, 0.5) is 0 Å². The molecule has 0 amide bonds. The van der Waals surface area contributed by atoms with Crippen LogP contribution in [-0.4, -0.2) is 55.0 Å². The van der Waals surface area contributed by atoms with Crippen molar-refractivity contribution in [1.29, 1.82) is 0 Å². The monoisotopic (exact) mass is 410 g/mol. The van der Waals surface area contributed by atoms with E-state index >= 15 is 0 Å². The van der Waals surface area contributed by atoms with E-state index in [2.05, 4.69) is 4.74 Å². The molecule has 0 saturated heterocycles. The van der Waals surface area contributed by atoms with Gasteiger partial charge in [0.25, 0.3) is 0 Å². The first-order chi connectivity index (χ1) is 13.9. The lowest BCUT2D eigenvalue weighted by molar-refractivity contribution is -0.140. The third kappa shape index (κ3) is 9.70. The second-order valence-electron chi connectivity index (χ2n) is 7.94. The molecule has 5 atom stereocenters. The van der Waals surface area contributed by atoms with Crippen molar-refractivity contribution < 1.29 is 29.3 Å². The molecule has 1 unspecified atom stereocenters. The van der Waals surface area contributed by atoms with Crippen LogP contribution in [0.2, 0.25) is 0 Å². The number of esters is 1. The van der Waals surface area contributed by atoms with Crippen molar-refractivity contribution in [1.82, 2.24) is 0 Å². The van der Waals surface area contributed by atoms with E-state index in [1.54, 1.807) is 13.2 Å². The number of rotatable bonds is 14. The number of ketones is 1. The molecule has 0 heterocycles. The summed E-state index contributed by atoms with van der Waals surface area (Å²) in [5, 5.41) is 20.6. The highest BCUT2D eigenvalue weighted by molar-refractivity contribution is 5.84. The van der Waals surface area contributed by atoms with Gasteiger partial charge in [-0.1, -0.05) is 37.6 Å². The van der Waals surface area contributed by atoms with Gasteiger partial charge in [-0.25, -0.2) is 0 Å². The summed E-state index contributed by atoms with van der Waals surface area (Å²) in [4.78, 5) is 23.3. The number of aliphatic hydroxyl groups excluding tert-OH is 2. The van der Waals surface area contributed by atoms with Crippen molar-refractivity contribution in [3.05, 3.63) is 24.3 Å². The Bertz CT molecular complexity index is 541. The van der Waals surface area contributed by atoms with Crippen LogP contribution in [0.25, 0.3) is 0 Å². The van der Waals surface area contributed by atoms with Gasteiger partial charge in [0.1, 0.15) is 5.78 Å². The number of carbonyl (C=O) groups is 2. The van der Waals surface area contributed by atoms with Crippen molar-refractivity contribution in [3.8, 4) is 0 Å². The predicted molar refractivity (Wildman–Crippen MR) is 112 cm³/mol. The topological polar surface area (TPSA) is 93.1 Å². The van der Waals surface area contributed by atoms with Crippen LogP contribution in [0.3, 0.4) is 0 Å². The molecule has 1 aliphatic carbocycles. The molecular weight excluding hydrogens is 372 g/mol. The minimum atomic E-state index is -0.694. The smallest absolute Gasteiger partial charge is 0.305 e. The predicted octanol–water partition coefficient (Wildman–Crippen LogP) is 3.21. The first-order valence-corrected chi connectivity index (χ1v) is 10.7. The first-order valence-electron chi connectivity index (χ1n) is 10.7. The maximum Gasteiger partial charge on any atom is 0.305 e. The average Bonchev–Trinajstić information content (AvgIpc) is 2.97. The lowest BCUT2D eigenvalue weighted by atomic mass is 9.89. The SMILES string of the molecule is COCCCCC(C)[C@H](O)/C=C/[C@H]1[C@H](O)CC(=O)[C@@H]1C/C=C\CCCC(=O)OC. The number of aliphatic hydroxyl groups is 2. The molecule has 1 fully saturated rings. The van der Waals surface area contributed by atoms with Gasteiger partial charge in [0.05, 0.1) is 19.3 Å². The molecule has 6 heteroatoms. The van der Waals surface area contributed by atoms with Crippen molar-refractivity contribution in [2.24, 2.45) is 17.8 Å². The third-order valence-corrected chi connectivity index (χ3v) is 5.64. The molecule has 0 aromatic carbocycles. The second-order valence-corrected chi connectivity index (χ2v) is 7.94. The van der Waals surface area contributed by atoms with Gasteiger partial charge in [-0.05, 0) is 38.0 Å². The number of methoxy groups -OCH3 is 2. The Morgan fingerprint density at radius 1 is 1.24 bits per heavy atom. The summed E-state index contributed by atoms with van der Waals surface area (Å²) in [6.45, 7) is 2.74. The molecule has 1 aliphatic rings. The summed E-state index contributed by atoms with van der Waals surface area (Å²) in [6, 6.07) is 0. The fourth-order valence-corrected chi connectivity index (χ4v) is 3.67. The van der Waals surface area contributed by atoms with Gasteiger partial charge < -0.3 is 19.7 Å². The zero-order valence-corrected chi connectivity index (χ0v) is 18.1. The Balaban J connectivity index is 2.49. The summed E-state index contributed by atoms with van der Waals surface area (Å²) in [6.07, 6.45) is 11.6. The highest BCUT2D eigenvalue weighted by atomic mass is 16.5. The van der Waals surface area contributed by atoms with E-state index in [4.69, 9.17) is 4.74 Å². The van der Waals surface area contributed by atoms with Crippen LogP contribution in [0, 0.1) is 17.8 Å². The van der Waals surface area contributed by atoms with Crippen LogP contribution < -0.4 is 0 Å². The standard InChI is InChI=1S/C23H38O6/c1-17(10-8-9-15-28-2)20(24)14-13-19-18(21(25)16-22(19)26)11-6-4-5-7-12-23(27)29-3/h4,6,13-14,17-20,22,24,26H,5,7-12,15-16H2,1-3H3/b6-4-,14-13+/t17?,18-,19-,20-,22-/m1/s1. The Morgan fingerprint density at radius 2 is 2.00 bits per heavy atom. The quantitative estimate of drug-likeness (QED) is 0.259. The van der Waals surface area contributed by atoms with E-state index < -0.39 is 12.2 Å². The molecule has 1 rings (SSSR count). The molecule has 1 saturated carbocycles. The molecule has 29 heavy (non-hydrogen) atoms. The number of unbranched alkanes of at least 4 members (excludes halogenated alkanes) is 2. The highest BCUT2D eigenvalue weighted by Crippen LogP contribution is 2.33. The summed E-state index contributed by atoms with van der Waals surface area (Å²) in [5.41, 5.74) is 0. The summed E-state index contributed by atoms with van der Waals surface area (Å²) < 4.78 is 9.64. The van der Waals surface area contributed by atoms with E-state index in [-0.39, 0.29) is 35.9 Å². The van der Waals surface area contributed by atoms with Gasteiger partial charge in [-0.2, -0.15) is 0 Å². The van der Waals surface area contributed by atoms with Gasteiger partial charge in [0, 0.05) is 38.4 Å². The van der Waals surface area contributed by atoms with Gasteiger partial charge in [0.15, 0.2) is 0 Å². The van der Waals surface area contributed by atoms with Crippen LogP contribution in [-0.2, 0) is 19.1 Å². The summed E-state index contributed by atoms with van der Waals surface area (Å²) >= 11 is 0. The van der Waals surface area contributed by atoms with E-state index in [9.17, 15) is 19.8 Å². The largest absolute Gasteiger partial charge is 0.469 e. The number of hydrogen-bond donors (Lipinski definition) is 2. The fraction of sp³-hybridized carbons (Fsp3) is 0.739. The first kappa shape index (κ1) is 25.5. The van der Waals surface area contributed by atoms with Gasteiger partial charge in [-0.3, -0.25) is 9.59 Å². The second kappa shape index (κ2) is 14.5. The number of ether oxygens (including phenoxy) is 2. The summed E-state index contributed by atoms with van der Waals surface area (Å²) in [5.74, 6) is -0.567. The number of allylic oxidation sites excluding steroid dienone is 2. The zero-order chi connectivity index (χ0) is 21.6. The van der Waals surface area contributed by atoms with Crippen LogP contribution in [0.15, 0.2) is 24.3 Å². The number of hydrogen-bond acceptors (Lipinski definition) is 6. The Kier molecular flexibility index (Phi) is 12.7.